The summed E-state index contributed by atoms with van der Waals surface area (Å²) in [6, 6.07) is 1.93. The number of nitrogens with zero attached hydrogens (tertiary/aromatic N) is 2. The highest BCUT2D eigenvalue weighted by molar-refractivity contribution is 5.84. The van der Waals surface area contributed by atoms with E-state index < -0.39 is 5.54 Å². The molecule has 0 atom stereocenters. The van der Waals surface area contributed by atoms with Crippen molar-refractivity contribution < 1.29 is 4.79 Å². The van der Waals surface area contributed by atoms with Crippen molar-refractivity contribution in [3.05, 3.63) is 18.0 Å². The van der Waals surface area contributed by atoms with E-state index in [-0.39, 0.29) is 5.91 Å². The molecule has 0 spiro atoms. The first-order valence-corrected chi connectivity index (χ1v) is 4.95. The van der Waals surface area contributed by atoms with Crippen LogP contribution in [-0.2, 0) is 18.3 Å². The molecule has 0 radical (unpaired) electrons. The van der Waals surface area contributed by atoms with Crippen LogP contribution in [0, 0.1) is 0 Å². The van der Waals surface area contributed by atoms with Crippen molar-refractivity contribution in [3.8, 4) is 0 Å². The molecule has 0 fully saturated rings. The third kappa shape index (κ3) is 3.71. The van der Waals surface area contributed by atoms with Crippen molar-refractivity contribution in [2.24, 2.45) is 12.8 Å². The minimum absolute atomic E-state index is 0.140. The number of nitrogens with two attached hydrogens (primary N) is 1. The minimum atomic E-state index is -0.815. The van der Waals surface area contributed by atoms with Crippen molar-refractivity contribution in [2.45, 2.75) is 25.8 Å². The van der Waals surface area contributed by atoms with Gasteiger partial charge in [-0.2, -0.15) is 5.10 Å². The maximum Gasteiger partial charge on any atom is 0.239 e. The molecule has 1 aromatic heterocycles. The number of rotatable bonds is 4. The summed E-state index contributed by atoms with van der Waals surface area (Å²) in [5, 5.41) is 6.97. The maximum atomic E-state index is 11.4. The Hall–Kier alpha value is -1.36. The highest BCUT2D eigenvalue weighted by Gasteiger charge is 2.20. The van der Waals surface area contributed by atoms with E-state index in [1.54, 1.807) is 18.5 Å². The van der Waals surface area contributed by atoms with Crippen LogP contribution in [0.4, 0.5) is 0 Å². The van der Waals surface area contributed by atoms with Crippen LogP contribution < -0.4 is 11.1 Å². The molecule has 5 heteroatoms. The lowest BCUT2D eigenvalue weighted by Gasteiger charge is -2.17. The van der Waals surface area contributed by atoms with Crippen LogP contribution in [0.3, 0.4) is 0 Å². The second-order valence-electron chi connectivity index (χ2n) is 4.21. The lowest BCUT2D eigenvalue weighted by atomic mass is 10.1. The van der Waals surface area contributed by atoms with E-state index in [9.17, 15) is 4.79 Å². The van der Waals surface area contributed by atoms with E-state index in [1.807, 2.05) is 19.3 Å². The molecule has 1 aromatic rings. The summed E-state index contributed by atoms with van der Waals surface area (Å²) in [7, 11) is 1.87. The van der Waals surface area contributed by atoms with Gasteiger partial charge in [-0.3, -0.25) is 9.48 Å². The monoisotopic (exact) mass is 210 g/mol. The summed E-state index contributed by atoms with van der Waals surface area (Å²) in [6.07, 6.45) is 2.60. The molecule has 0 bridgehead atoms. The predicted octanol–water partition coefficient (Wildman–Crippen LogP) is -0.184. The summed E-state index contributed by atoms with van der Waals surface area (Å²) in [4.78, 5) is 11.4. The topological polar surface area (TPSA) is 72.9 Å². The summed E-state index contributed by atoms with van der Waals surface area (Å²) in [5.41, 5.74) is 5.78. The van der Waals surface area contributed by atoms with Crippen LogP contribution in [0.15, 0.2) is 12.3 Å². The normalized spacial score (nSPS) is 11.5. The van der Waals surface area contributed by atoms with Gasteiger partial charge in [0.25, 0.3) is 0 Å². The van der Waals surface area contributed by atoms with Gasteiger partial charge in [0.05, 0.1) is 11.2 Å². The molecule has 0 aliphatic rings. The zero-order valence-corrected chi connectivity index (χ0v) is 9.45. The number of carbonyl (C=O) groups excluding carboxylic acids is 1. The number of nitrogens with one attached hydrogen (secondary N) is 1. The van der Waals surface area contributed by atoms with Gasteiger partial charge in [0.2, 0.25) is 5.91 Å². The van der Waals surface area contributed by atoms with Crippen molar-refractivity contribution >= 4 is 5.91 Å². The van der Waals surface area contributed by atoms with Crippen LogP contribution in [0.2, 0.25) is 0 Å². The Bertz CT molecular complexity index is 337. The van der Waals surface area contributed by atoms with Gasteiger partial charge < -0.3 is 11.1 Å². The fourth-order valence-corrected chi connectivity index (χ4v) is 1.13. The lowest BCUT2D eigenvalue weighted by Crippen LogP contribution is -2.49. The molecular formula is C10H18N4O. The van der Waals surface area contributed by atoms with Crippen molar-refractivity contribution in [1.82, 2.24) is 15.1 Å². The quantitative estimate of drug-likeness (QED) is 0.724. The van der Waals surface area contributed by atoms with Crippen molar-refractivity contribution in [3.63, 3.8) is 0 Å². The van der Waals surface area contributed by atoms with Crippen LogP contribution in [0.5, 0.6) is 0 Å². The summed E-state index contributed by atoms with van der Waals surface area (Å²) in [5.74, 6) is -0.140. The standard InChI is InChI=1S/C10H18N4O/c1-10(2,11)9(15)12-6-4-8-5-7-14(3)13-8/h5,7H,4,6,11H2,1-3H3,(H,12,15). The minimum Gasteiger partial charge on any atom is -0.354 e. The van der Waals surface area contributed by atoms with E-state index in [1.165, 1.54) is 0 Å². The molecule has 0 aliphatic heterocycles. The number of amides is 1. The molecule has 0 aliphatic carbocycles. The predicted molar refractivity (Wildman–Crippen MR) is 58.2 cm³/mol. The Morgan fingerprint density at radius 1 is 1.67 bits per heavy atom. The maximum absolute atomic E-state index is 11.4. The fourth-order valence-electron chi connectivity index (χ4n) is 1.13. The summed E-state index contributed by atoms with van der Waals surface area (Å²) in [6.45, 7) is 3.93. The number of aromatic nitrogens is 2. The first-order valence-electron chi connectivity index (χ1n) is 4.95. The van der Waals surface area contributed by atoms with E-state index in [0.29, 0.717) is 6.54 Å². The third-order valence-corrected chi connectivity index (χ3v) is 2.02. The second-order valence-corrected chi connectivity index (χ2v) is 4.21. The molecule has 1 amide bonds. The number of hydrogen-bond acceptors (Lipinski definition) is 3. The van der Waals surface area contributed by atoms with Gasteiger partial charge >= 0.3 is 0 Å². The summed E-state index contributed by atoms with van der Waals surface area (Å²) < 4.78 is 1.74. The highest BCUT2D eigenvalue weighted by atomic mass is 16.2. The smallest absolute Gasteiger partial charge is 0.239 e. The Morgan fingerprint density at radius 3 is 2.80 bits per heavy atom. The van der Waals surface area contributed by atoms with Crippen LogP contribution in [0.1, 0.15) is 19.5 Å². The average Bonchev–Trinajstić information content (AvgIpc) is 2.49. The first kappa shape index (κ1) is 11.7. The average molecular weight is 210 g/mol. The van der Waals surface area contributed by atoms with Gasteiger partial charge in [-0.1, -0.05) is 0 Å². The SMILES string of the molecule is Cn1ccc(CCNC(=O)C(C)(C)N)n1. The summed E-state index contributed by atoms with van der Waals surface area (Å²) >= 11 is 0. The van der Waals surface area contributed by atoms with Crippen molar-refractivity contribution in [1.29, 1.82) is 0 Å². The van der Waals surface area contributed by atoms with Gasteiger partial charge in [0.1, 0.15) is 0 Å². The zero-order valence-electron chi connectivity index (χ0n) is 9.45. The van der Waals surface area contributed by atoms with E-state index >= 15 is 0 Å². The van der Waals surface area contributed by atoms with Gasteiger partial charge in [-0.05, 0) is 19.9 Å². The molecule has 0 unspecified atom stereocenters. The van der Waals surface area contributed by atoms with Gasteiger partial charge in [0, 0.05) is 26.2 Å². The highest BCUT2D eigenvalue weighted by Crippen LogP contribution is 1.97. The number of aryl methyl sites for hydroxylation is 1. The molecule has 5 nitrogen and oxygen atoms in total. The number of hydrogen-bond donors (Lipinski definition) is 2. The van der Waals surface area contributed by atoms with Gasteiger partial charge in [0.15, 0.2) is 0 Å². The number of carbonyl (C=O) groups is 1. The largest absolute Gasteiger partial charge is 0.354 e. The van der Waals surface area contributed by atoms with E-state index in [2.05, 4.69) is 10.4 Å². The molecule has 1 heterocycles. The van der Waals surface area contributed by atoms with Gasteiger partial charge in [-0.15, -0.1) is 0 Å². The Labute approximate surface area is 89.6 Å². The molecule has 0 saturated heterocycles. The van der Waals surface area contributed by atoms with Crippen LogP contribution in [0.25, 0.3) is 0 Å². The Kier molecular flexibility index (Phi) is 3.47. The fraction of sp³-hybridized carbons (Fsp3) is 0.600. The van der Waals surface area contributed by atoms with Gasteiger partial charge in [-0.25, -0.2) is 0 Å². The molecule has 3 N–H and O–H groups in total. The van der Waals surface area contributed by atoms with Crippen LogP contribution in [-0.4, -0.2) is 27.8 Å². The Balaban J connectivity index is 2.31. The lowest BCUT2D eigenvalue weighted by molar-refractivity contribution is -0.125. The van der Waals surface area contributed by atoms with Crippen molar-refractivity contribution in [2.75, 3.05) is 6.54 Å². The van der Waals surface area contributed by atoms with E-state index in [4.69, 9.17) is 5.73 Å². The molecule has 15 heavy (non-hydrogen) atoms. The first-order chi connectivity index (χ1) is 6.89. The Morgan fingerprint density at radius 2 is 2.33 bits per heavy atom. The van der Waals surface area contributed by atoms with Crippen LogP contribution >= 0.6 is 0 Å². The molecule has 0 aromatic carbocycles. The van der Waals surface area contributed by atoms with E-state index in [0.717, 1.165) is 12.1 Å². The second kappa shape index (κ2) is 4.44. The molecule has 1 rings (SSSR count). The molecule has 84 valence electrons. The molecule has 0 saturated carbocycles. The third-order valence-electron chi connectivity index (χ3n) is 2.02. The molecular weight excluding hydrogens is 192 g/mol. The zero-order chi connectivity index (χ0) is 11.5.